The molecule has 5 nitrogen and oxygen atoms in total. The molecule has 0 fully saturated rings. The number of carbonyl (C=O) groups is 2. The summed E-state index contributed by atoms with van der Waals surface area (Å²) in [5.74, 6) is -0.300. The molecule has 0 saturated carbocycles. The Balaban J connectivity index is 1.72. The van der Waals surface area contributed by atoms with E-state index in [1.165, 1.54) is 23.1 Å². The summed E-state index contributed by atoms with van der Waals surface area (Å²) >= 11 is 2.93. The van der Waals surface area contributed by atoms with Gasteiger partial charge in [-0.05, 0) is 31.2 Å². The molecule has 2 heterocycles. The number of likely N-dealkylation sites (N-methyl/N-ethyl adjacent to an activating group) is 1. The Labute approximate surface area is 149 Å². The molecular weight excluding hydrogens is 342 g/mol. The van der Waals surface area contributed by atoms with E-state index in [0.29, 0.717) is 16.3 Å². The summed E-state index contributed by atoms with van der Waals surface area (Å²) in [6.45, 7) is 1.68. The van der Waals surface area contributed by atoms with Gasteiger partial charge in [0.15, 0.2) is 0 Å². The Hall–Kier alpha value is -1.83. The lowest BCUT2D eigenvalue weighted by atomic mass is 10.0. The molecule has 1 aromatic carbocycles. The molecule has 2 amide bonds. The fraction of sp³-hybridized carbons (Fsp3) is 0.294. The Morgan fingerprint density at radius 1 is 1.33 bits per heavy atom. The van der Waals surface area contributed by atoms with Crippen molar-refractivity contribution >= 4 is 39.9 Å². The lowest BCUT2D eigenvalue weighted by Gasteiger charge is -2.22. The third-order valence-corrected chi connectivity index (χ3v) is 6.00. The molecule has 0 aliphatic carbocycles. The predicted octanol–water partition coefficient (Wildman–Crippen LogP) is 2.57. The van der Waals surface area contributed by atoms with Crippen molar-refractivity contribution in [3.8, 4) is 0 Å². The van der Waals surface area contributed by atoms with E-state index < -0.39 is 5.91 Å². The number of anilines is 1. The highest BCUT2D eigenvalue weighted by Crippen LogP contribution is 2.36. The second-order valence-electron chi connectivity index (χ2n) is 5.71. The minimum absolute atomic E-state index is 0.127. The molecule has 24 heavy (non-hydrogen) atoms. The normalized spacial score (nSPS) is 14.2. The van der Waals surface area contributed by atoms with Crippen LogP contribution in [0, 0.1) is 0 Å². The maximum Gasteiger partial charge on any atom is 0.251 e. The lowest BCUT2D eigenvalue weighted by molar-refractivity contribution is -0.113. The van der Waals surface area contributed by atoms with Crippen molar-refractivity contribution in [3.05, 3.63) is 46.3 Å². The number of nitrogens with zero attached hydrogens (tertiary/aromatic N) is 1. The summed E-state index contributed by atoms with van der Waals surface area (Å²) in [4.78, 5) is 28.5. The van der Waals surface area contributed by atoms with Crippen LogP contribution in [0.25, 0.3) is 0 Å². The van der Waals surface area contributed by atoms with Gasteiger partial charge in [0.05, 0.1) is 11.3 Å². The third-order valence-electron chi connectivity index (χ3n) is 3.86. The summed E-state index contributed by atoms with van der Waals surface area (Å²) in [5, 5.41) is 3.46. The van der Waals surface area contributed by atoms with Gasteiger partial charge >= 0.3 is 0 Å². The summed E-state index contributed by atoms with van der Waals surface area (Å²) < 4.78 is 0. The summed E-state index contributed by atoms with van der Waals surface area (Å²) in [7, 11) is 2.04. The number of hydrogen-bond donors (Lipinski definition) is 2. The minimum Gasteiger partial charge on any atom is -0.365 e. The molecule has 1 aliphatic heterocycles. The number of hydrogen-bond acceptors (Lipinski definition) is 5. The molecule has 1 aliphatic rings. The van der Waals surface area contributed by atoms with Crippen LogP contribution < -0.4 is 11.1 Å². The first-order valence-electron chi connectivity index (χ1n) is 7.65. The van der Waals surface area contributed by atoms with Gasteiger partial charge < -0.3 is 16.0 Å². The van der Waals surface area contributed by atoms with E-state index in [9.17, 15) is 9.59 Å². The first kappa shape index (κ1) is 17.0. The molecule has 0 atom stereocenters. The number of nitrogens with two attached hydrogens (primary N) is 1. The van der Waals surface area contributed by atoms with Crippen LogP contribution in [0.15, 0.2) is 35.2 Å². The van der Waals surface area contributed by atoms with Crippen molar-refractivity contribution in [1.82, 2.24) is 4.90 Å². The number of amides is 2. The van der Waals surface area contributed by atoms with Crippen LogP contribution in [0.2, 0.25) is 0 Å². The molecule has 2 aromatic rings. The van der Waals surface area contributed by atoms with Gasteiger partial charge in [0.1, 0.15) is 5.00 Å². The number of primary amides is 1. The Kier molecular flexibility index (Phi) is 5.23. The average molecular weight is 361 g/mol. The van der Waals surface area contributed by atoms with Crippen LogP contribution in [0.4, 0.5) is 5.00 Å². The number of carbonyl (C=O) groups excluding carboxylic acids is 2. The SMILES string of the molecule is CN1CCc2c(sc(NC(=O)CSc3ccccc3)c2C(N)=O)C1. The minimum atomic E-state index is -0.469. The highest BCUT2D eigenvalue weighted by Gasteiger charge is 2.26. The van der Waals surface area contributed by atoms with Crippen molar-refractivity contribution in [3.63, 3.8) is 0 Å². The molecule has 0 spiro atoms. The molecule has 3 rings (SSSR count). The van der Waals surface area contributed by atoms with Crippen molar-refractivity contribution in [2.45, 2.75) is 17.9 Å². The molecule has 0 unspecified atom stereocenters. The fourth-order valence-electron chi connectivity index (χ4n) is 2.71. The third kappa shape index (κ3) is 3.80. The molecule has 0 radical (unpaired) electrons. The van der Waals surface area contributed by atoms with Gasteiger partial charge in [-0.2, -0.15) is 0 Å². The van der Waals surface area contributed by atoms with Crippen LogP contribution in [0.3, 0.4) is 0 Å². The second kappa shape index (κ2) is 7.38. The van der Waals surface area contributed by atoms with Gasteiger partial charge in [-0.1, -0.05) is 18.2 Å². The first-order chi connectivity index (χ1) is 11.5. The van der Waals surface area contributed by atoms with Crippen molar-refractivity contribution < 1.29 is 9.59 Å². The maximum absolute atomic E-state index is 12.2. The molecule has 3 N–H and O–H groups in total. The van der Waals surface area contributed by atoms with E-state index >= 15 is 0 Å². The van der Waals surface area contributed by atoms with Gasteiger partial charge in [-0.3, -0.25) is 9.59 Å². The summed E-state index contributed by atoms with van der Waals surface area (Å²) in [6, 6.07) is 9.75. The molecular formula is C17H19N3O2S2. The van der Waals surface area contributed by atoms with Gasteiger partial charge in [0.2, 0.25) is 5.91 Å². The summed E-state index contributed by atoms with van der Waals surface area (Å²) in [5.41, 5.74) is 7.04. The van der Waals surface area contributed by atoms with Gasteiger partial charge in [0.25, 0.3) is 5.91 Å². The number of benzene rings is 1. The molecule has 0 saturated heterocycles. The van der Waals surface area contributed by atoms with Crippen molar-refractivity contribution in [2.75, 3.05) is 24.7 Å². The zero-order chi connectivity index (χ0) is 17.1. The highest BCUT2D eigenvalue weighted by molar-refractivity contribution is 8.00. The zero-order valence-corrected chi connectivity index (χ0v) is 15.0. The van der Waals surface area contributed by atoms with Crippen LogP contribution in [0.1, 0.15) is 20.8 Å². The molecule has 0 bridgehead atoms. The standard InChI is InChI=1S/C17H19N3O2S2/c1-20-8-7-12-13(9-20)24-17(15(12)16(18)22)19-14(21)10-23-11-5-3-2-4-6-11/h2-6H,7-10H2,1H3,(H2,18,22)(H,19,21). The van der Waals surface area contributed by atoms with Gasteiger partial charge in [-0.25, -0.2) is 0 Å². The van der Waals surface area contributed by atoms with Gasteiger partial charge in [-0.15, -0.1) is 23.1 Å². The Bertz CT molecular complexity index is 759. The number of thiophene rings is 1. The number of nitrogens with one attached hydrogen (secondary N) is 1. The smallest absolute Gasteiger partial charge is 0.251 e. The number of fused-ring (bicyclic) bond motifs is 1. The van der Waals surface area contributed by atoms with E-state index in [-0.39, 0.29) is 5.91 Å². The van der Waals surface area contributed by atoms with E-state index in [0.717, 1.165) is 34.8 Å². The van der Waals surface area contributed by atoms with Gasteiger partial charge in [0, 0.05) is 22.9 Å². The van der Waals surface area contributed by atoms with Crippen molar-refractivity contribution in [1.29, 1.82) is 0 Å². The Morgan fingerprint density at radius 3 is 2.79 bits per heavy atom. The predicted molar refractivity (Wildman–Crippen MR) is 98.7 cm³/mol. The number of thioether (sulfide) groups is 1. The van der Waals surface area contributed by atoms with Crippen molar-refractivity contribution in [2.24, 2.45) is 5.73 Å². The van der Waals surface area contributed by atoms with E-state index in [1.807, 2.05) is 37.4 Å². The van der Waals surface area contributed by atoms with E-state index in [1.54, 1.807) is 0 Å². The quantitative estimate of drug-likeness (QED) is 0.803. The highest BCUT2D eigenvalue weighted by atomic mass is 32.2. The molecule has 1 aromatic heterocycles. The topological polar surface area (TPSA) is 75.4 Å². The first-order valence-corrected chi connectivity index (χ1v) is 9.45. The zero-order valence-electron chi connectivity index (χ0n) is 13.4. The van der Waals surface area contributed by atoms with E-state index in [2.05, 4.69) is 10.2 Å². The monoisotopic (exact) mass is 361 g/mol. The fourth-order valence-corrected chi connectivity index (χ4v) is 4.78. The largest absolute Gasteiger partial charge is 0.365 e. The van der Waals surface area contributed by atoms with Crippen LogP contribution in [-0.4, -0.2) is 36.1 Å². The molecule has 126 valence electrons. The Morgan fingerprint density at radius 2 is 2.08 bits per heavy atom. The maximum atomic E-state index is 12.2. The molecule has 7 heteroatoms. The van der Waals surface area contributed by atoms with Crippen LogP contribution in [0.5, 0.6) is 0 Å². The van der Waals surface area contributed by atoms with Crippen LogP contribution >= 0.6 is 23.1 Å². The summed E-state index contributed by atoms with van der Waals surface area (Å²) in [6.07, 6.45) is 0.787. The number of rotatable bonds is 5. The lowest BCUT2D eigenvalue weighted by Crippen LogP contribution is -2.27. The average Bonchev–Trinajstić information content (AvgIpc) is 2.90. The van der Waals surface area contributed by atoms with Crippen LogP contribution in [-0.2, 0) is 17.8 Å². The second-order valence-corrected chi connectivity index (χ2v) is 7.86. The van der Waals surface area contributed by atoms with E-state index in [4.69, 9.17) is 5.73 Å².